The van der Waals surface area contributed by atoms with Crippen molar-refractivity contribution in [3.63, 3.8) is 0 Å². The number of hydrogen-bond acceptors (Lipinski definition) is 1. The number of rotatable bonds is 3. The van der Waals surface area contributed by atoms with E-state index >= 15 is 0 Å². The molecule has 0 aliphatic heterocycles. The SMILES string of the molecule is O=P(O)(O)/C(=C\c1ccccc1)c1ccccc1. The van der Waals surface area contributed by atoms with Gasteiger partial charge in [0.25, 0.3) is 0 Å². The van der Waals surface area contributed by atoms with Crippen molar-refractivity contribution < 1.29 is 14.4 Å². The predicted octanol–water partition coefficient (Wildman–Crippen LogP) is 3.36. The summed E-state index contributed by atoms with van der Waals surface area (Å²) in [6, 6.07) is 17.8. The maximum absolute atomic E-state index is 11.6. The zero-order chi connectivity index (χ0) is 13.0. The second-order valence-corrected chi connectivity index (χ2v) is 5.42. The first kappa shape index (κ1) is 12.8. The molecule has 0 radical (unpaired) electrons. The van der Waals surface area contributed by atoms with Crippen LogP contribution in [0.3, 0.4) is 0 Å². The summed E-state index contributed by atoms with van der Waals surface area (Å²) < 4.78 is 11.6. The zero-order valence-electron chi connectivity index (χ0n) is 9.60. The van der Waals surface area contributed by atoms with E-state index < -0.39 is 7.60 Å². The van der Waals surface area contributed by atoms with Crippen LogP contribution in [0, 0.1) is 0 Å². The Balaban J connectivity index is 2.52. The summed E-state index contributed by atoms with van der Waals surface area (Å²) in [6.07, 6.45) is 1.52. The lowest BCUT2D eigenvalue weighted by Gasteiger charge is -2.09. The van der Waals surface area contributed by atoms with E-state index in [0.29, 0.717) is 5.56 Å². The Morgan fingerprint density at radius 2 is 1.39 bits per heavy atom. The highest BCUT2D eigenvalue weighted by molar-refractivity contribution is 7.63. The van der Waals surface area contributed by atoms with Gasteiger partial charge in [-0.25, -0.2) is 0 Å². The fraction of sp³-hybridized carbons (Fsp3) is 0. The van der Waals surface area contributed by atoms with Crippen LogP contribution in [0.5, 0.6) is 0 Å². The van der Waals surface area contributed by atoms with Crippen molar-refractivity contribution in [1.82, 2.24) is 0 Å². The molecule has 2 N–H and O–H groups in total. The average Bonchev–Trinajstić information content (AvgIpc) is 2.37. The first-order valence-corrected chi connectivity index (χ1v) is 7.07. The minimum Gasteiger partial charge on any atom is -0.321 e. The molecule has 0 amide bonds. The molecule has 92 valence electrons. The summed E-state index contributed by atoms with van der Waals surface area (Å²) in [6.45, 7) is 0. The van der Waals surface area contributed by atoms with Gasteiger partial charge in [-0.2, -0.15) is 0 Å². The number of benzene rings is 2. The molecule has 0 spiro atoms. The quantitative estimate of drug-likeness (QED) is 0.657. The summed E-state index contributed by atoms with van der Waals surface area (Å²) in [5.41, 5.74) is 1.30. The monoisotopic (exact) mass is 260 g/mol. The lowest BCUT2D eigenvalue weighted by atomic mass is 10.1. The first-order chi connectivity index (χ1) is 8.57. The summed E-state index contributed by atoms with van der Waals surface area (Å²) in [4.78, 5) is 18.9. The Labute approximate surface area is 106 Å². The fourth-order valence-electron chi connectivity index (χ4n) is 1.65. The van der Waals surface area contributed by atoms with Gasteiger partial charge in [0.1, 0.15) is 0 Å². The van der Waals surface area contributed by atoms with E-state index in [-0.39, 0.29) is 5.31 Å². The average molecular weight is 260 g/mol. The Kier molecular flexibility index (Phi) is 3.78. The van der Waals surface area contributed by atoms with Crippen LogP contribution in [-0.2, 0) is 4.57 Å². The maximum atomic E-state index is 11.6. The smallest absolute Gasteiger partial charge is 0.321 e. The molecule has 0 saturated carbocycles. The highest BCUT2D eigenvalue weighted by Crippen LogP contribution is 2.51. The Morgan fingerprint density at radius 1 is 0.889 bits per heavy atom. The van der Waals surface area contributed by atoms with Gasteiger partial charge in [0.15, 0.2) is 0 Å². The Hall–Kier alpha value is -1.67. The molecule has 0 heterocycles. The lowest BCUT2D eigenvalue weighted by Crippen LogP contribution is -1.87. The molecule has 2 aromatic carbocycles. The van der Waals surface area contributed by atoms with Crippen LogP contribution in [0.2, 0.25) is 0 Å². The summed E-state index contributed by atoms with van der Waals surface area (Å²) in [5.74, 6) is 0. The molecule has 2 rings (SSSR count). The predicted molar refractivity (Wildman–Crippen MR) is 72.8 cm³/mol. The molecule has 0 atom stereocenters. The van der Waals surface area contributed by atoms with Crippen LogP contribution in [0.15, 0.2) is 60.7 Å². The van der Waals surface area contributed by atoms with Crippen LogP contribution >= 0.6 is 7.60 Å². The van der Waals surface area contributed by atoms with E-state index in [4.69, 9.17) is 0 Å². The Bertz CT molecular complexity index is 585. The zero-order valence-corrected chi connectivity index (χ0v) is 10.5. The molecule has 0 aromatic heterocycles. The van der Waals surface area contributed by atoms with E-state index in [1.807, 2.05) is 24.3 Å². The lowest BCUT2D eigenvalue weighted by molar-refractivity contribution is 0.388. The molecule has 0 unspecified atom stereocenters. The maximum Gasteiger partial charge on any atom is 0.356 e. The molecular formula is C14H13O3P. The van der Waals surface area contributed by atoms with Crippen molar-refractivity contribution in [2.24, 2.45) is 0 Å². The van der Waals surface area contributed by atoms with Gasteiger partial charge in [-0.15, -0.1) is 0 Å². The van der Waals surface area contributed by atoms with Crippen LogP contribution in [-0.4, -0.2) is 9.79 Å². The second-order valence-electron chi connectivity index (χ2n) is 3.85. The molecule has 2 aromatic rings. The van der Waals surface area contributed by atoms with Crippen molar-refractivity contribution in [2.45, 2.75) is 0 Å². The molecule has 4 heteroatoms. The minimum absolute atomic E-state index is 0.0364. The highest BCUT2D eigenvalue weighted by Gasteiger charge is 2.22. The van der Waals surface area contributed by atoms with Gasteiger partial charge in [-0.3, -0.25) is 4.57 Å². The van der Waals surface area contributed by atoms with Crippen molar-refractivity contribution in [3.8, 4) is 0 Å². The van der Waals surface area contributed by atoms with E-state index in [2.05, 4.69) is 0 Å². The highest BCUT2D eigenvalue weighted by atomic mass is 31.2. The van der Waals surface area contributed by atoms with Gasteiger partial charge in [0.05, 0.1) is 5.31 Å². The van der Waals surface area contributed by atoms with Crippen molar-refractivity contribution in [2.75, 3.05) is 0 Å². The molecule has 18 heavy (non-hydrogen) atoms. The summed E-state index contributed by atoms with van der Waals surface area (Å²) in [5, 5.41) is 0.0364. The largest absolute Gasteiger partial charge is 0.356 e. The third-order valence-electron chi connectivity index (χ3n) is 2.49. The normalized spacial score (nSPS) is 12.4. The van der Waals surface area contributed by atoms with Crippen LogP contribution in [0.4, 0.5) is 0 Å². The molecule has 3 nitrogen and oxygen atoms in total. The van der Waals surface area contributed by atoms with Gasteiger partial charge in [0, 0.05) is 0 Å². The molecule has 0 bridgehead atoms. The molecular weight excluding hydrogens is 247 g/mol. The molecule has 0 aliphatic rings. The Morgan fingerprint density at radius 3 is 1.89 bits per heavy atom. The van der Waals surface area contributed by atoms with Gasteiger partial charge in [0.2, 0.25) is 0 Å². The van der Waals surface area contributed by atoms with E-state index in [0.717, 1.165) is 5.56 Å². The third-order valence-corrected chi connectivity index (χ3v) is 3.50. The fourth-order valence-corrected chi connectivity index (χ4v) is 2.45. The van der Waals surface area contributed by atoms with E-state index in [1.165, 1.54) is 6.08 Å². The van der Waals surface area contributed by atoms with E-state index in [1.54, 1.807) is 36.4 Å². The standard InChI is InChI=1S/C14H13O3P/c15-18(16,17)14(13-9-5-2-6-10-13)11-12-7-3-1-4-8-12/h1-11H,(H2,15,16,17)/b14-11-. The van der Waals surface area contributed by atoms with Crippen molar-refractivity contribution in [1.29, 1.82) is 0 Å². The van der Waals surface area contributed by atoms with Gasteiger partial charge in [-0.05, 0) is 17.2 Å². The van der Waals surface area contributed by atoms with Gasteiger partial charge >= 0.3 is 7.60 Å². The summed E-state index contributed by atoms with van der Waals surface area (Å²) >= 11 is 0. The first-order valence-electron chi connectivity index (χ1n) is 5.45. The van der Waals surface area contributed by atoms with Crippen LogP contribution in [0.25, 0.3) is 11.4 Å². The second kappa shape index (κ2) is 5.32. The minimum atomic E-state index is -4.30. The topological polar surface area (TPSA) is 57.5 Å². The van der Waals surface area contributed by atoms with Gasteiger partial charge < -0.3 is 9.79 Å². The summed E-state index contributed by atoms with van der Waals surface area (Å²) in [7, 11) is -4.30. The van der Waals surface area contributed by atoms with Crippen LogP contribution in [0.1, 0.15) is 11.1 Å². The van der Waals surface area contributed by atoms with Gasteiger partial charge in [-0.1, -0.05) is 60.7 Å². The number of hydrogen-bond donors (Lipinski definition) is 2. The van der Waals surface area contributed by atoms with E-state index in [9.17, 15) is 14.4 Å². The third kappa shape index (κ3) is 3.17. The van der Waals surface area contributed by atoms with Crippen LogP contribution < -0.4 is 0 Å². The van der Waals surface area contributed by atoms with Crippen molar-refractivity contribution >= 4 is 19.0 Å². The molecule has 0 saturated heterocycles. The molecule has 0 aliphatic carbocycles. The van der Waals surface area contributed by atoms with Crippen molar-refractivity contribution in [3.05, 3.63) is 71.8 Å². The molecule has 0 fully saturated rings.